The molecule has 110 valence electrons. The third-order valence-electron chi connectivity index (χ3n) is 2.44. The largest absolute Gasteiger partial charge is 0.494 e. The molecule has 1 aromatic rings. The molecule has 0 bridgehead atoms. The fourth-order valence-corrected chi connectivity index (χ4v) is 1.62. The first-order valence-electron chi connectivity index (χ1n) is 6.60. The Morgan fingerprint density at radius 2 is 2.05 bits per heavy atom. The number of benzene rings is 1. The Morgan fingerprint density at radius 3 is 2.65 bits per heavy atom. The maximum absolute atomic E-state index is 11.9. The van der Waals surface area contributed by atoms with Gasteiger partial charge in [0.15, 0.2) is 5.11 Å². The molecular weight excluding hydrogens is 276 g/mol. The first-order chi connectivity index (χ1) is 9.67. The van der Waals surface area contributed by atoms with Crippen LogP contribution in [-0.4, -0.2) is 35.9 Å². The maximum atomic E-state index is 11.9. The molecule has 0 fully saturated rings. The molecule has 0 radical (unpaired) electrons. The van der Waals surface area contributed by atoms with E-state index < -0.39 is 0 Å². The van der Waals surface area contributed by atoms with Crippen LogP contribution in [0.2, 0.25) is 0 Å². The van der Waals surface area contributed by atoms with Gasteiger partial charge in [-0.15, -0.1) is 0 Å². The molecule has 0 unspecified atom stereocenters. The standard InChI is InChI=1S/C14H20N2O3S/c1-2-10-19-12-6-4-11(5-7-12)13(18)16-14(20)15-8-3-9-17/h4-7,17H,2-3,8-10H2,1H3,(H2,15,16,18,20). The normalized spacial score (nSPS) is 9.90. The highest BCUT2D eigenvalue weighted by Gasteiger charge is 2.07. The van der Waals surface area contributed by atoms with Crippen LogP contribution in [0.15, 0.2) is 24.3 Å². The molecule has 0 spiro atoms. The van der Waals surface area contributed by atoms with E-state index in [-0.39, 0.29) is 17.6 Å². The van der Waals surface area contributed by atoms with Gasteiger partial charge in [0.1, 0.15) is 5.75 Å². The predicted molar refractivity (Wildman–Crippen MR) is 82.0 cm³/mol. The number of hydrogen-bond donors (Lipinski definition) is 3. The number of carbonyl (C=O) groups excluding carboxylic acids is 1. The SMILES string of the molecule is CCCOc1ccc(C(=O)NC(=S)NCCCO)cc1. The summed E-state index contributed by atoms with van der Waals surface area (Å²) in [5.74, 6) is 0.473. The van der Waals surface area contributed by atoms with E-state index in [1.165, 1.54) is 0 Å². The molecule has 1 aromatic carbocycles. The number of ether oxygens (including phenoxy) is 1. The number of carbonyl (C=O) groups is 1. The first-order valence-corrected chi connectivity index (χ1v) is 7.01. The van der Waals surface area contributed by atoms with E-state index in [0.29, 0.717) is 25.1 Å². The van der Waals surface area contributed by atoms with E-state index in [2.05, 4.69) is 10.6 Å². The average Bonchev–Trinajstić information content (AvgIpc) is 2.46. The van der Waals surface area contributed by atoms with Gasteiger partial charge in [-0.2, -0.15) is 0 Å². The molecule has 20 heavy (non-hydrogen) atoms. The van der Waals surface area contributed by atoms with Gasteiger partial charge in [0.25, 0.3) is 5.91 Å². The fraction of sp³-hybridized carbons (Fsp3) is 0.429. The second kappa shape index (κ2) is 9.28. The van der Waals surface area contributed by atoms with Crippen molar-refractivity contribution in [2.75, 3.05) is 19.8 Å². The number of aliphatic hydroxyl groups excluding tert-OH is 1. The third kappa shape index (κ3) is 5.99. The molecule has 0 saturated heterocycles. The number of aliphatic hydroxyl groups is 1. The lowest BCUT2D eigenvalue weighted by molar-refractivity contribution is 0.0976. The highest BCUT2D eigenvalue weighted by atomic mass is 32.1. The van der Waals surface area contributed by atoms with Crippen molar-refractivity contribution in [1.29, 1.82) is 0 Å². The Kier molecular flexibility index (Phi) is 7.60. The van der Waals surface area contributed by atoms with E-state index in [1.807, 2.05) is 6.92 Å². The van der Waals surface area contributed by atoms with Gasteiger partial charge in [0.05, 0.1) is 6.61 Å². The molecule has 0 aromatic heterocycles. The van der Waals surface area contributed by atoms with Crippen LogP contribution < -0.4 is 15.4 Å². The highest BCUT2D eigenvalue weighted by molar-refractivity contribution is 7.80. The summed E-state index contributed by atoms with van der Waals surface area (Å²) in [5, 5.41) is 14.3. The summed E-state index contributed by atoms with van der Waals surface area (Å²) in [6.45, 7) is 3.30. The van der Waals surface area contributed by atoms with Crippen molar-refractivity contribution in [2.45, 2.75) is 19.8 Å². The molecule has 1 rings (SSSR count). The zero-order valence-electron chi connectivity index (χ0n) is 11.5. The summed E-state index contributed by atoms with van der Waals surface area (Å²) in [4.78, 5) is 11.9. The monoisotopic (exact) mass is 296 g/mol. The molecule has 1 amide bonds. The number of hydrogen-bond acceptors (Lipinski definition) is 4. The van der Waals surface area contributed by atoms with Gasteiger partial charge >= 0.3 is 0 Å². The van der Waals surface area contributed by atoms with Crippen molar-refractivity contribution >= 4 is 23.2 Å². The number of rotatable bonds is 7. The van der Waals surface area contributed by atoms with Crippen LogP contribution >= 0.6 is 12.2 Å². The van der Waals surface area contributed by atoms with Gasteiger partial charge in [0.2, 0.25) is 0 Å². The second-order valence-electron chi connectivity index (χ2n) is 4.16. The van der Waals surface area contributed by atoms with Gasteiger partial charge in [-0.3, -0.25) is 10.1 Å². The van der Waals surface area contributed by atoms with Crippen molar-refractivity contribution in [2.24, 2.45) is 0 Å². The van der Waals surface area contributed by atoms with Gasteiger partial charge < -0.3 is 15.2 Å². The molecule has 0 atom stereocenters. The summed E-state index contributed by atoms with van der Waals surface area (Å²) in [6, 6.07) is 6.90. The van der Waals surface area contributed by atoms with Crippen LogP contribution in [0.25, 0.3) is 0 Å². The van der Waals surface area contributed by atoms with Crippen molar-refractivity contribution in [1.82, 2.24) is 10.6 Å². The van der Waals surface area contributed by atoms with Crippen LogP contribution in [0.3, 0.4) is 0 Å². The summed E-state index contributed by atoms with van der Waals surface area (Å²) in [5.41, 5.74) is 0.514. The quantitative estimate of drug-likeness (QED) is 0.525. The van der Waals surface area contributed by atoms with E-state index in [1.54, 1.807) is 24.3 Å². The van der Waals surface area contributed by atoms with Crippen molar-refractivity contribution in [3.05, 3.63) is 29.8 Å². The van der Waals surface area contributed by atoms with Crippen LogP contribution in [0.5, 0.6) is 5.75 Å². The molecular formula is C14H20N2O3S. The van der Waals surface area contributed by atoms with Gasteiger partial charge in [-0.1, -0.05) is 6.92 Å². The minimum Gasteiger partial charge on any atom is -0.494 e. The smallest absolute Gasteiger partial charge is 0.257 e. The lowest BCUT2D eigenvalue weighted by Crippen LogP contribution is -2.39. The first kappa shape index (κ1) is 16.4. The van der Waals surface area contributed by atoms with Crippen LogP contribution in [0, 0.1) is 0 Å². The summed E-state index contributed by atoms with van der Waals surface area (Å²) >= 11 is 4.98. The zero-order chi connectivity index (χ0) is 14.8. The minimum absolute atomic E-state index is 0.0861. The van der Waals surface area contributed by atoms with Crippen molar-refractivity contribution in [3.8, 4) is 5.75 Å². The molecule has 6 heteroatoms. The lowest BCUT2D eigenvalue weighted by Gasteiger charge is -2.09. The Balaban J connectivity index is 2.44. The molecule has 0 aliphatic carbocycles. The minimum atomic E-state index is -0.270. The topological polar surface area (TPSA) is 70.6 Å². The highest BCUT2D eigenvalue weighted by Crippen LogP contribution is 2.12. The lowest BCUT2D eigenvalue weighted by atomic mass is 10.2. The van der Waals surface area contributed by atoms with Crippen LogP contribution in [-0.2, 0) is 0 Å². The number of amides is 1. The second-order valence-corrected chi connectivity index (χ2v) is 4.57. The average molecular weight is 296 g/mol. The third-order valence-corrected chi connectivity index (χ3v) is 2.68. The molecule has 0 aliphatic heterocycles. The van der Waals surface area contributed by atoms with Gasteiger partial charge in [-0.05, 0) is 49.3 Å². The number of nitrogens with one attached hydrogen (secondary N) is 2. The fourth-order valence-electron chi connectivity index (χ4n) is 1.42. The summed E-state index contributed by atoms with van der Waals surface area (Å²) < 4.78 is 5.44. The molecule has 0 heterocycles. The maximum Gasteiger partial charge on any atom is 0.257 e. The van der Waals surface area contributed by atoms with Gasteiger partial charge in [-0.25, -0.2) is 0 Å². The Morgan fingerprint density at radius 1 is 1.35 bits per heavy atom. The molecule has 5 nitrogen and oxygen atoms in total. The Labute approximate surface area is 124 Å². The van der Waals surface area contributed by atoms with Crippen molar-refractivity contribution in [3.63, 3.8) is 0 Å². The van der Waals surface area contributed by atoms with E-state index in [9.17, 15) is 4.79 Å². The summed E-state index contributed by atoms with van der Waals surface area (Å²) in [6.07, 6.45) is 1.52. The summed E-state index contributed by atoms with van der Waals surface area (Å²) in [7, 11) is 0. The van der Waals surface area contributed by atoms with Crippen LogP contribution in [0.1, 0.15) is 30.1 Å². The predicted octanol–water partition coefficient (Wildman–Crippen LogP) is 1.46. The van der Waals surface area contributed by atoms with E-state index >= 15 is 0 Å². The molecule has 0 aliphatic rings. The van der Waals surface area contributed by atoms with E-state index in [4.69, 9.17) is 22.1 Å². The van der Waals surface area contributed by atoms with Crippen LogP contribution in [0.4, 0.5) is 0 Å². The Hall–Kier alpha value is -1.66. The molecule has 3 N–H and O–H groups in total. The Bertz CT molecular complexity index is 435. The molecule has 0 saturated carbocycles. The van der Waals surface area contributed by atoms with Gasteiger partial charge in [0, 0.05) is 18.7 Å². The zero-order valence-corrected chi connectivity index (χ0v) is 12.3. The number of thiocarbonyl (C=S) groups is 1. The van der Waals surface area contributed by atoms with E-state index in [0.717, 1.165) is 12.2 Å². The van der Waals surface area contributed by atoms with Crippen molar-refractivity contribution < 1.29 is 14.6 Å².